The first kappa shape index (κ1) is 51.7. The lowest BCUT2D eigenvalue weighted by atomic mass is 10.1. The standard InChI is InChI=1S/C45H72NO8P/c1-3-5-7-9-11-13-15-17-19-20-21-22-24-26-28-30-32-34-36-38-45(48)54-43(42-53-55(49,50)52-40-39-46)41-51-44(47)37-35-33-31-29-27-25-23-18-16-14-12-10-8-6-4-2/h5-8,11-14,17-19,21-23,26,28,32,34,43H,3-4,9-10,15-16,20,24-25,27,29-31,33,35-42,46H2,1-2H3,(H,49,50)/b7-5-,8-6-,13-11-,14-12-,19-17-,22-21-,23-18-,28-26-,34-32-/t43-/m1/s1. The zero-order valence-electron chi connectivity index (χ0n) is 33.9. The van der Waals surface area contributed by atoms with Gasteiger partial charge in [-0.25, -0.2) is 4.57 Å². The van der Waals surface area contributed by atoms with Crippen molar-refractivity contribution in [2.45, 2.75) is 136 Å². The van der Waals surface area contributed by atoms with E-state index in [0.717, 1.165) is 89.9 Å². The van der Waals surface area contributed by atoms with Crippen LogP contribution in [0.25, 0.3) is 0 Å². The number of rotatable bonds is 36. The number of phosphoric acid groups is 1. The number of unbranched alkanes of at least 4 members (excludes halogenated alkanes) is 5. The molecule has 0 fully saturated rings. The van der Waals surface area contributed by atoms with E-state index in [4.69, 9.17) is 24.3 Å². The van der Waals surface area contributed by atoms with Crippen LogP contribution in [0.5, 0.6) is 0 Å². The number of carbonyl (C=O) groups is 2. The fourth-order valence-electron chi connectivity index (χ4n) is 4.73. The summed E-state index contributed by atoms with van der Waals surface area (Å²) in [6, 6.07) is 0. The highest BCUT2D eigenvalue weighted by atomic mass is 31.2. The number of hydrogen-bond donors (Lipinski definition) is 2. The van der Waals surface area contributed by atoms with E-state index in [1.54, 1.807) is 0 Å². The largest absolute Gasteiger partial charge is 0.472 e. The molecule has 55 heavy (non-hydrogen) atoms. The summed E-state index contributed by atoms with van der Waals surface area (Å²) < 4.78 is 32.6. The molecule has 0 spiro atoms. The van der Waals surface area contributed by atoms with Crippen LogP contribution in [0.15, 0.2) is 109 Å². The minimum Gasteiger partial charge on any atom is -0.462 e. The van der Waals surface area contributed by atoms with Crippen LogP contribution in [0.1, 0.15) is 129 Å². The van der Waals surface area contributed by atoms with Crippen molar-refractivity contribution in [1.29, 1.82) is 0 Å². The van der Waals surface area contributed by atoms with Gasteiger partial charge in [0.1, 0.15) is 6.61 Å². The second-order valence-electron chi connectivity index (χ2n) is 12.7. The Kier molecular flexibility index (Phi) is 37.9. The van der Waals surface area contributed by atoms with Gasteiger partial charge in [0, 0.05) is 19.4 Å². The van der Waals surface area contributed by atoms with Crippen LogP contribution in [-0.2, 0) is 32.7 Å². The minimum atomic E-state index is -4.41. The van der Waals surface area contributed by atoms with E-state index in [2.05, 4.69) is 111 Å². The second kappa shape index (κ2) is 40.3. The molecule has 0 bridgehead atoms. The normalized spacial score (nSPS) is 14.5. The van der Waals surface area contributed by atoms with Crippen molar-refractivity contribution in [2.24, 2.45) is 5.73 Å². The van der Waals surface area contributed by atoms with E-state index in [1.165, 1.54) is 0 Å². The van der Waals surface area contributed by atoms with Crippen molar-refractivity contribution in [3.05, 3.63) is 109 Å². The highest BCUT2D eigenvalue weighted by Gasteiger charge is 2.25. The summed E-state index contributed by atoms with van der Waals surface area (Å²) in [4.78, 5) is 34.8. The Labute approximate surface area is 333 Å². The molecule has 0 aromatic carbocycles. The van der Waals surface area contributed by atoms with Gasteiger partial charge in [0.25, 0.3) is 0 Å². The quantitative estimate of drug-likeness (QED) is 0.0275. The molecule has 0 aliphatic heterocycles. The predicted octanol–water partition coefficient (Wildman–Crippen LogP) is 11.6. The van der Waals surface area contributed by atoms with Crippen molar-refractivity contribution >= 4 is 19.8 Å². The molecule has 0 saturated carbocycles. The van der Waals surface area contributed by atoms with E-state index >= 15 is 0 Å². The van der Waals surface area contributed by atoms with Crippen molar-refractivity contribution in [2.75, 3.05) is 26.4 Å². The number of phosphoric ester groups is 1. The van der Waals surface area contributed by atoms with Crippen molar-refractivity contribution in [3.63, 3.8) is 0 Å². The van der Waals surface area contributed by atoms with E-state index in [0.29, 0.717) is 12.8 Å². The summed E-state index contributed by atoms with van der Waals surface area (Å²) in [5.41, 5.74) is 5.33. The van der Waals surface area contributed by atoms with E-state index in [1.807, 2.05) is 12.2 Å². The molecule has 9 nitrogen and oxygen atoms in total. The molecular weight excluding hydrogens is 713 g/mol. The maximum Gasteiger partial charge on any atom is 0.472 e. The molecule has 0 heterocycles. The molecule has 10 heteroatoms. The summed E-state index contributed by atoms with van der Waals surface area (Å²) in [7, 11) is -4.41. The molecule has 0 radical (unpaired) electrons. The summed E-state index contributed by atoms with van der Waals surface area (Å²) in [5.74, 6) is -0.960. The lowest BCUT2D eigenvalue weighted by molar-refractivity contribution is -0.161. The molecule has 0 aliphatic carbocycles. The summed E-state index contributed by atoms with van der Waals surface area (Å²) in [5, 5.41) is 0. The number of esters is 2. The van der Waals surface area contributed by atoms with E-state index in [-0.39, 0.29) is 32.6 Å². The van der Waals surface area contributed by atoms with Gasteiger partial charge >= 0.3 is 19.8 Å². The molecular formula is C45H72NO8P. The smallest absolute Gasteiger partial charge is 0.462 e. The second-order valence-corrected chi connectivity index (χ2v) is 14.2. The van der Waals surface area contributed by atoms with E-state index < -0.39 is 32.5 Å². The van der Waals surface area contributed by atoms with Gasteiger partial charge < -0.3 is 20.1 Å². The van der Waals surface area contributed by atoms with Gasteiger partial charge in [-0.3, -0.25) is 18.6 Å². The van der Waals surface area contributed by atoms with Crippen LogP contribution >= 0.6 is 7.82 Å². The van der Waals surface area contributed by atoms with Gasteiger partial charge in [0.15, 0.2) is 6.10 Å². The zero-order valence-corrected chi connectivity index (χ0v) is 34.7. The Morgan fingerprint density at radius 3 is 1.47 bits per heavy atom. The van der Waals surface area contributed by atoms with Crippen molar-refractivity contribution in [3.8, 4) is 0 Å². The molecule has 310 valence electrons. The summed E-state index contributed by atoms with van der Waals surface area (Å²) in [6.07, 6.45) is 52.8. The lowest BCUT2D eigenvalue weighted by Crippen LogP contribution is -2.29. The molecule has 2 atom stereocenters. The van der Waals surface area contributed by atoms with Gasteiger partial charge in [-0.1, -0.05) is 142 Å². The average Bonchev–Trinajstić information content (AvgIpc) is 3.17. The molecule has 0 rings (SSSR count). The van der Waals surface area contributed by atoms with Gasteiger partial charge in [0.05, 0.1) is 13.2 Å². The Balaban J connectivity index is 4.38. The van der Waals surface area contributed by atoms with E-state index in [9.17, 15) is 19.0 Å². The molecule has 3 N–H and O–H groups in total. The van der Waals surface area contributed by atoms with Gasteiger partial charge in [-0.15, -0.1) is 0 Å². The minimum absolute atomic E-state index is 0.0328. The number of hydrogen-bond acceptors (Lipinski definition) is 8. The van der Waals surface area contributed by atoms with Gasteiger partial charge in [-0.05, 0) is 83.5 Å². The SMILES string of the molecule is CC/C=C\C/C=C\C/C=C\C/C=C\C/C=C\C/C=C\CCC(=O)O[C@H](COC(=O)CCCCCCC/C=C\C/C=C\C/C=C\CC)COP(=O)(O)OCCN. The Morgan fingerprint density at radius 1 is 0.545 bits per heavy atom. The Bertz CT molecular complexity index is 1260. The topological polar surface area (TPSA) is 134 Å². The molecule has 0 amide bonds. The fourth-order valence-corrected chi connectivity index (χ4v) is 5.50. The number of carbonyl (C=O) groups excluding carboxylic acids is 2. The number of ether oxygens (including phenoxy) is 2. The van der Waals surface area contributed by atoms with Crippen LogP contribution in [0.3, 0.4) is 0 Å². The van der Waals surface area contributed by atoms with Crippen LogP contribution < -0.4 is 5.73 Å². The van der Waals surface area contributed by atoms with Crippen LogP contribution in [0.4, 0.5) is 0 Å². The van der Waals surface area contributed by atoms with Crippen molar-refractivity contribution in [1.82, 2.24) is 0 Å². The Morgan fingerprint density at radius 2 is 0.982 bits per heavy atom. The highest BCUT2D eigenvalue weighted by molar-refractivity contribution is 7.47. The average molecular weight is 786 g/mol. The van der Waals surface area contributed by atoms with Crippen LogP contribution in [-0.4, -0.2) is 49.3 Å². The highest BCUT2D eigenvalue weighted by Crippen LogP contribution is 2.43. The third kappa shape index (κ3) is 40.2. The summed E-state index contributed by atoms with van der Waals surface area (Å²) in [6.45, 7) is 3.36. The third-order valence-corrected chi connectivity index (χ3v) is 8.65. The maximum absolute atomic E-state index is 12.5. The first-order valence-corrected chi connectivity index (χ1v) is 21.9. The monoisotopic (exact) mass is 785 g/mol. The predicted molar refractivity (Wildman–Crippen MR) is 228 cm³/mol. The fraction of sp³-hybridized carbons (Fsp3) is 0.556. The number of allylic oxidation sites excluding steroid dienone is 18. The zero-order chi connectivity index (χ0) is 40.3. The summed E-state index contributed by atoms with van der Waals surface area (Å²) >= 11 is 0. The molecule has 1 unspecified atom stereocenters. The van der Waals surface area contributed by atoms with Crippen molar-refractivity contribution < 1.29 is 37.6 Å². The molecule has 0 aromatic rings. The first-order chi connectivity index (χ1) is 26.8. The van der Waals surface area contributed by atoms with Crippen LogP contribution in [0.2, 0.25) is 0 Å². The van der Waals surface area contributed by atoms with Gasteiger partial charge in [0.2, 0.25) is 0 Å². The first-order valence-electron chi connectivity index (χ1n) is 20.4. The number of nitrogens with two attached hydrogens (primary N) is 1. The van der Waals surface area contributed by atoms with Crippen LogP contribution in [0, 0.1) is 0 Å². The Hall–Kier alpha value is -3.33. The van der Waals surface area contributed by atoms with Gasteiger partial charge in [-0.2, -0.15) is 0 Å². The molecule has 0 saturated heterocycles. The molecule has 0 aromatic heterocycles. The molecule has 0 aliphatic rings. The maximum atomic E-state index is 12.5. The lowest BCUT2D eigenvalue weighted by Gasteiger charge is -2.19. The third-order valence-electron chi connectivity index (χ3n) is 7.67.